The van der Waals surface area contributed by atoms with Crippen molar-refractivity contribution in [1.82, 2.24) is 9.78 Å². The highest BCUT2D eigenvalue weighted by molar-refractivity contribution is 6.31. The lowest BCUT2D eigenvalue weighted by Gasteiger charge is -2.11. The Hall–Kier alpha value is -3.61. The van der Waals surface area contributed by atoms with E-state index in [0.717, 1.165) is 36.4 Å². The molecule has 0 bridgehead atoms. The van der Waals surface area contributed by atoms with Gasteiger partial charge in [-0.05, 0) is 36.4 Å². The van der Waals surface area contributed by atoms with Crippen LogP contribution in [0, 0.1) is 10.1 Å². The van der Waals surface area contributed by atoms with Crippen LogP contribution in [0.15, 0.2) is 48.5 Å². The van der Waals surface area contributed by atoms with Crippen LogP contribution in [0.25, 0.3) is 5.69 Å². The van der Waals surface area contributed by atoms with Gasteiger partial charge in [0.05, 0.1) is 10.6 Å². The number of rotatable bonds is 4. The Morgan fingerprint density at radius 3 is 2.16 bits per heavy atom. The highest BCUT2D eigenvalue weighted by Crippen LogP contribution is 2.36. The Kier molecular flexibility index (Phi) is 5.87. The van der Waals surface area contributed by atoms with Gasteiger partial charge in [-0.1, -0.05) is 11.6 Å². The van der Waals surface area contributed by atoms with Crippen LogP contribution in [-0.4, -0.2) is 20.6 Å². The summed E-state index contributed by atoms with van der Waals surface area (Å²) in [6.45, 7) is 0. The molecular formula is C18H9ClF6N4O3. The molecular weight excluding hydrogens is 470 g/mol. The summed E-state index contributed by atoms with van der Waals surface area (Å²) in [6, 6.07) is 7.41. The minimum Gasteiger partial charge on any atom is -0.322 e. The number of amides is 1. The minimum absolute atomic E-state index is 0.0137. The number of nitrogens with zero attached hydrogens (tertiary/aromatic N) is 3. The summed E-state index contributed by atoms with van der Waals surface area (Å²) in [5.74, 6) is -0.907. The van der Waals surface area contributed by atoms with Crippen molar-refractivity contribution >= 4 is 28.9 Å². The summed E-state index contributed by atoms with van der Waals surface area (Å²) in [6.07, 6.45) is -10.2. The number of alkyl halides is 6. The maximum Gasteiger partial charge on any atom is 0.435 e. The van der Waals surface area contributed by atoms with Crippen molar-refractivity contribution in [1.29, 1.82) is 0 Å². The largest absolute Gasteiger partial charge is 0.435 e. The first-order valence-corrected chi connectivity index (χ1v) is 8.75. The van der Waals surface area contributed by atoms with Gasteiger partial charge in [0.1, 0.15) is 11.3 Å². The molecule has 0 fully saturated rings. The molecule has 0 aliphatic carbocycles. The quantitative estimate of drug-likeness (QED) is 0.295. The van der Waals surface area contributed by atoms with Gasteiger partial charge < -0.3 is 5.32 Å². The summed E-state index contributed by atoms with van der Waals surface area (Å²) in [4.78, 5) is 22.6. The summed E-state index contributed by atoms with van der Waals surface area (Å²) < 4.78 is 78.0. The Labute approximate surface area is 179 Å². The van der Waals surface area contributed by atoms with E-state index in [0.29, 0.717) is 0 Å². The van der Waals surface area contributed by atoms with Crippen molar-refractivity contribution in [2.24, 2.45) is 0 Å². The molecule has 0 saturated carbocycles. The molecule has 1 amide bonds. The number of benzene rings is 2. The molecule has 32 heavy (non-hydrogen) atoms. The van der Waals surface area contributed by atoms with Crippen molar-refractivity contribution < 1.29 is 36.1 Å². The fourth-order valence-corrected chi connectivity index (χ4v) is 2.82. The molecule has 1 heterocycles. The number of nitro benzene ring substituents is 1. The van der Waals surface area contributed by atoms with E-state index in [1.807, 2.05) is 0 Å². The summed E-state index contributed by atoms with van der Waals surface area (Å²) in [5.41, 5.74) is -4.61. The first-order valence-electron chi connectivity index (χ1n) is 8.37. The highest BCUT2D eigenvalue weighted by atomic mass is 35.5. The Bertz CT molecular complexity index is 1190. The van der Waals surface area contributed by atoms with E-state index in [1.54, 1.807) is 0 Å². The molecule has 1 aromatic heterocycles. The fraction of sp³-hybridized carbons (Fsp3) is 0.111. The van der Waals surface area contributed by atoms with Gasteiger partial charge in [-0.25, -0.2) is 4.68 Å². The predicted molar refractivity (Wildman–Crippen MR) is 99.6 cm³/mol. The molecule has 1 N–H and O–H groups in total. The Morgan fingerprint density at radius 1 is 1.00 bits per heavy atom. The zero-order valence-electron chi connectivity index (χ0n) is 15.3. The van der Waals surface area contributed by atoms with Crippen LogP contribution in [0.2, 0.25) is 5.02 Å². The fourth-order valence-electron chi connectivity index (χ4n) is 2.65. The van der Waals surface area contributed by atoms with Gasteiger partial charge in [-0.3, -0.25) is 14.9 Å². The molecule has 0 atom stereocenters. The number of anilines is 1. The van der Waals surface area contributed by atoms with E-state index in [-0.39, 0.29) is 32.7 Å². The number of aromatic nitrogens is 2. The molecule has 3 rings (SSSR count). The molecule has 0 aliphatic heterocycles. The van der Waals surface area contributed by atoms with Crippen LogP contribution in [-0.2, 0) is 12.4 Å². The molecule has 0 unspecified atom stereocenters. The molecule has 14 heteroatoms. The highest BCUT2D eigenvalue weighted by Gasteiger charge is 2.42. The number of halogens is 7. The van der Waals surface area contributed by atoms with Crippen molar-refractivity contribution in [2.75, 3.05) is 5.32 Å². The van der Waals surface area contributed by atoms with E-state index in [9.17, 15) is 41.3 Å². The number of nitrogens with one attached hydrogen (secondary N) is 1. The van der Waals surface area contributed by atoms with Gasteiger partial charge in [-0.15, -0.1) is 0 Å². The van der Waals surface area contributed by atoms with Crippen LogP contribution in [0.1, 0.15) is 21.7 Å². The maximum absolute atomic E-state index is 13.2. The second-order valence-corrected chi connectivity index (χ2v) is 6.68. The molecule has 0 spiro atoms. The van der Waals surface area contributed by atoms with Crippen LogP contribution in [0.5, 0.6) is 0 Å². The van der Waals surface area contributed by atoms with E-state index in [2.05, 4.69) is 10.4 Å². The molecule has 168 valence electrons. The van der Waals surface area contributed by atoms with Crippen LogP contribution in [0.4, 0.5) is 37.7 Å². The zero-order chi connectivity index (χ0) is 23.8. The topological polar surface area (TPSA) is 90.1 Å². The molecule has 0 aliphatic rings. The van der Waals surface area contributed by atoms with Crippen molar-refractivity contribution in [3.05, 3.63) is 80.6 Å². The van der Waals surface area contributed by atoms with Gasteiger partial charge in [0.2, 0.25) is 0 Å². The summed E-state index contributed by atoms with van der Waals surface area (Å²) >= 11 is 5.68. The number of carbonyl (C=O) groups is 1. The van der Waals surface area contributed by atoms with E-state index in [4.69, 9.17) is 11.6 Å². The van der Waals surface area contributed by atoms with Crippen LogP contribution >= 0.6 is 11.6 Å². The number of hydrogen-bond donors (Lipinski definition) is 1. The first-order chi connectivity index (χ1) is 14.8. The lowest BCUT2D eigenvalue weighted by Crippen LogP contribution is -2.15. The van der Waals surface area contributed by atoms with Gasteiger partial charge >= 0.3 is 12.4 Å². The van der Waals surface area contributed by atoms with Gasteiger partial charge in [-0.2, -0.15) is 31.4 Å². The Balaban J connectivity index is 1.91. The molecule has 0 radical (unpaired) electrons. The van der Waals surface area contributed by atoms with Gasteiger partial charge in [0, 0.05) is 22.8 Å². The zero-order valence-corrected chi connectivity index (χ0v) is 16.1. The molecule has 2 aromatic carbocycles. The van der Waals surface area contributed by atoms with Crippen molar-refractivity contribution in [3.8, 4) is 5.69 Å². The van der Waals surface area contributed by atoms with E-state index >= 15 is 0 Å². The minimum atomic E-state index is -5.11. The molecule has 3 aromatic rings. The average Bonchev–Trinajstić information content (AvgIpc) is 3.15. The second kappa shape index (κ2) is 8.15. The third kappa shape index (κ3) is 4.82. The third-order valence-corrected chi connectivity index (χ3v) is 4.30. The molecule has 7 nitrogen and oxygen atoms in total. The van der Waals surface area contributed by atoms with Crippen LogP contribution in [0.3, 0.4) is 0 Å². The first kappa shape index (κ1) is 23.1. The van der Waals surface area contributed by atoms with Gasteiger partial charge in [0.15, 0.2) is 5.69 Å². The molecule has 0 saturated heterocycles. The lowest BCUT2D eigenvalue weighted by atomic mass is 10.1. The van der Waals surface area contributed by atoms with E-state index in [1.165, 1.54) is 6.07 Å². The van der Waals surface area contributed by atoms with Crippen molar-refractivity contribution in [2.45, 2.75) is 12.4 Å². The summed E-state index contributed by atoms with van der Waals surface area (Å²) in [7, 11) is 0. The van der Waals surface area contributed by atoms with Gasteiger partial charge in [0.25, 0.3) is 11.6 Å². The van der Waals surface area contributed by atoms with Crippen LogP contribution < -0.4 is 5.32 Å². The normalized spacial score (nSPS) is 12.0. The Morgan fingerprint density at radius 2 is 1.62 bits per heavy atom. The average molecular weight is 479 g/mol. The van der Waals surface area contributed by atoms with E-state index < -0.39 is 40.3 Å². The standard InChI is InChI=1S/C18H9ClF6N4O3/c19-9-1-6-12(13(7-9)29(31)32)16(30)26-10-2-4-11(5-3-10)28-15(18(23,24)25)8-14(27-28)17(20,21)22/h1-8H,(H,26,30). The SMILES string of the molecule is O=C(Nc1ccc(-n2nc(C(F)(F)F)cc2C(F)(F)F)cc1)c1ccc(Cl)cc1[N+](=O)[O-]. The number of carbonyl (C=O) groups excluding carboxylic acids is 1. The maximum atomic E-state index is 13.2. The summed E-state index contributed by atoms with van der Waals surface area (Å²) in [5, 5.41) is 16.4. The smallest absolute Gasteiger partial charge is 0.322 e. The van der Waals surface area contributed by atoms with Crippen molar-refractivity contribution in [3.63, 3.8) is 0 Å². The lowest BCUT2D eigenvalue weighted by molar-refractivity contribution is -0.385. The number of nitro groups is 1. The number of hydrogen-bond acceptors (Lipinski definition) is 4. The second-order valence-electron chi connectivity index (χ2n) is 6.24. The third-order valence-electron chi connectivity index (χ3n) is 4.06. The predicted octanol–water partition coefficient (Wildman–Crippen LogP) is 5.72. The monoisotopic (exact) mass is 478 g/mol.